The highest BCUT2D eigenvalue weighted by molar-refractivity contribution is 6.01. The van der Waals surface area contributed by atoms with E-state index in [0.717, 1.165) is 17.9 Å². The second-order valence-electron chi connectivity index (χ2n) is 6.57. The second-order valence-corrected chi connectivity index (χ2v) is 6.57. The smallest absolute Gasteiger partial charge is 0.234 e. The molecular formula is C16H24N2O. The topological polar surface area (TPSA) is 32.3 Å². The predicted molar refractivity (Wildman–Crippen MR) is 80.6 cm³/mol. The van der Waals surface area contributed by atoms with Gasteiger partial charge >= 0.3 is 0 Å². The number of hydrogen-bond donors (Lipinski definition) is 1. The van der Waals surface area contributed by atoms with E-state index in [2.05, 4.69) is 44.3 Å². The van der Waals surface area contributed by atoms with Gasteiger partial charge in [0.1, 0.15) is 0 Å². The fourth-order valence-corrected chi connectivity index (χ4v) is 2.44. The standard InChI is InChI=1S/C16H24N2O/c1-11(2)9-18-14-7-6-12(3)8-13(14)17-10-16(4,5)15(18)19/h6-8,11,17H,9-10H2,1-5H3. The van der Waals surface area contributed by atoms with Crippen LogP contribution in [-0.4, -0.2) is 19.0 Å². The fraction of sp³-hybridized carbons (Fsp3) is 0.562. The molecule has 1 aromatic rings. The number of carbonyl (C=O) groups is 1. The van der Waals surface area contributed by atoms with Crippen molar-refractivity contribution in [1.82, 2.24) is 0 Å². The monoisotopic (exact) mass is 260 g/mol. The Bertz CT molecular complexity index is 492. The SMILES string of the molecule is Cc1ccc2c(c1)NCC(C)(C)C(=O)N2CC(C)C. The van der Waals surface area contributed by atoms with Crippen LogP contribution < -0.4 is 10.2 Å². The number of anilines is 2. The molecule has 0 aliphatic carbocycles. The number of carbonyl (C=O) groups excluding carboxylic acids is 1. The molecule has 0 unspecified atom stereocenters. The zero-order valence-electron chi connectivity index (χ0n) is 12.6. The molecule has 2 rings (SSSR count). The largest absolute Gasteiger partial charge is 0.382 e. The third-order valence-corrected chi connectivity index (χ3v) is 3.54. The summed E-state index contributed by atoms with van der Waals surface area (Å²) < 4.78 is 0. The van der Waals surface area contributed by atoms with Gasteiger partial charge in [-0.25, -0.2) is 0 Å². The molecule has 19 heavy (non-hydrogen) atoms. The molecule has 0 fully saturated rings. The average Bonchev–Trinajstić information content (AvgIpc) is 2.40. The first-order chi connectivity index (χ1) is 8.81. The normalized spacial score (nSPS) is 18.0. The first-order valence-electron chi connectivity index (χ1n) is 6.98. The summed E-state index contributed by atoms with van der Waals surface area (Å²) in [6.45, 7) is 11.8. The summed E-state index contributed by atoms with van der Waals surface area (Å²) in [5.74, 6) is 0.656. The van der Waals surface area contributed by atoms with Crippen LogP contribution in [0.25, 0.3) is 0 Å². The van der Waals surface area contributed by atoms with Gasteiger partial charge in [0.2, 0.25) is 5.91 Å². The second kappa shape index (κ2) is 4.87. The molecule has 0 saturated heterocycles. The Kier molecular flexibility index (Phi) is 3.57. The highest BCUT2D eigenvalue weighted by atomic mass is 16.2. The van der Waals surface area contributed by atoms with Gasteiger partial charge in [0, 0.05) is 13.1 Å². The zero-order valence-corrected chi connectivity index (χ0v) is 12.6. The third-order valence-electron chi connectivity index (χ3n) is 3.54. The van der Waals surface area contributed by atoms with Gasteiger partial charge in [-0.3, -0.25) is 4.79 Å². The Morgan fingerprint density at radius 1 is 1.37 bits per heavy atom. The molecular weight excluding hydrogens is 236 g/mol. The van der Waals surface area contributed by atoms with E-state index >= 15 is 0 Å². The van der Waals surface area contributed by atoms with E-state index in [1.165, 1.54) is 5.56 Å². The van der Waals surface area contributed by atoms with Crippen LogP contribution in [0.2, 0.25) is 0 Å². The van der Waals surface area contributed by atoms with E-state index in [0.29, 0.717) is 12.5 Å². The minimum Gasteiger partial charge on any atom is -0.382 e. The van der Waals surface area contributed by atoms with E-state index in [1.54, 1.807) is 0 Å². The molecule has 1 N–H and O–H groups in total. The number of rotatable bonds is 2. The quantitative estimate of drug-likeness (QED) is 0.883. The van der Waals surface area contributed by atoms with Crippen molar-refractivity contribution in [2.45, 2.75) is 34.6 Å². The molecule has 1 aromatic carbocycles. The Morgan fingerprint density at radius 3 is 2.68 bits per heavy atom. The number of fused-ring (bicyclic) bond motifs is 1. The Morgan fingerprint density at radius 2 is 2.05 bits per heavy atom. The molecule has 0 atom stereocenters. The van der Waals surface area contributed by atoms with Crippen LogP contribution in [0.3, 0.4) is 0 Å². The average molecular weight is 260 g/mol. The number of aryl methyl sites for hydroxylation is 1. The van der Waals surface area contributed by atoms with Gasteiger partial charge in [-0.2, -0.15) is 0 Å². The molecule has 104 valence electrons. The maximum Gasteiger partial charge on any atom is 0.234 e. The number of hydrogen-bond acceptors (Lipinski definition) is 2. The van der Waals surface area contributed by atoms with Gasteiger partial charge in [-0.05, 0) is 44.4 Å². The minimum atomic E-state index is -0.373. The van der Waals surface area contributed by atoms with Crippen molar-refractivity contribution >= 4 is 17.3 Å². The number of nitrogens with zero attached hydrogens (tertiary/aromatic N) is 1. The van der Waals surface area contributed by atoms with Gasteiger partial charge in [0.15, 0.2) is 0 Å². The summed E-state index contributed by atoms with van der Waals surface area (Å²) in [5, 5.41) is 3.43. The van der Waals surface area contributed by atoms with Crippen LogP contribution in [0.4, 0.5) is 11.4 Å². The summed E-state index contributed by atoms with van der Waals surface area (Å²) in [4.78, 5) is 14.7. The van der Waals surface area contributed by atoms with Crippen molar-refractivity contribution in [3.05, 3.63) is 23.8 Å². The van der Waals surface area contributed by atoms with Crippen molar-refractivity contribution in [2.24, 2.45) is 11.3 Å². The van der Waals surface area contributed by atoms with E-state index in [9.17, 15) is 4.79 Å². The molecule has 1 aliphatic heterocycles. The zero-order chi connectivity index (χ0) is 14.2. The van der Waals surface area contributed by atoms with E-state index in [-0.39, 0.29) is 11.3 Å². The van der Waals surface area contributed by atoms with Crippen LogP contribution >= 0.6 is 0 Å². The van der Waals surface area contributed by atoms with Crippen molar-refractivity contribution < 1.29 is 4.79 Å². The van der Waals surface area contributed by atoms with Gasteiger partial charge in [0.25, 0.3) is 0 Å². The lowest BCUT2D eigenvalue weighted by molar-refractivity contribution is -0.125. The lowest BCUT2D eigenvalue weighted by atomic mass is 9.91. The first-order valence-corrected chi connectivity index (χ1v) is 6.98. The summed E-state index contributed by atoms with van der Waals surface area (Å²) >= 11 is 0. The third kappa shape index (κ3) is 2.75. The molecule has 1 aliphatic rings. The van der Waals surface area contributed by atoms with Crippen molar-refractivity contribution in [3.63, 3.8) is 0 Å². The van der Waals surface area contributed by atoms with Crippen molar-refractivity contribution in [3.8, 4) is 0 Å². The molecule has 0 radical (unpaired) electrons. The Labute approximate surface area is 116 Å². The number of amides is 1. The highest BCUT2D eigenvalue weighted by Crippen LogP contribution is 2.35. The van der Waals surface area contributed by atoms with Crippen LogP contribution in [0.15, 0.2) is 18.2 Å². The molecule has 3 nitrogen and oxygen atoms in total. The highest BCUT2D eigenvalue weighted by Gasteiger charge is 2.36. The summed E-state index contributed by atoms with van der Waals surface area (Å²) in [5.41, 5.74) is 2.92. The molecule has 1 heterocycles. The van der Waals surface area contributed by atoms with Crippen LogP contribution in [-0.2, 0) is 4.79 Å². The Balaban J connectivity index is 2.49. The van der Waals surface area contributed by atoms with Crippen molar-refractivity contribution in [1.29, 1.82) is 0 Å². The van der Waals surface area contributed by atoms with Gasteiger partial charge in [0.05, 0.1) is 16.8 Å². The van der Waals surface area contributed by atoms with Crippen molar-refractivity contribution in [2.75, 3.05) is 23.3 Å². The van der Waals surface area contributed by atoms with Gasteiger partial charge in [-0.1, -0.05) is 19.9 Å². The van der Waals surface area contributed by atoms with Crippen LogP contribution in [0.1, 0.15) is 33.3 Å². The fourth-order valence-electron chi connectivity index (χ4n) is 2.44. The summed E-state index contributed by atoms with van der Waals surface area (Å²) in [6.07, 6.45) is 0. The predicted octanol–water partition coefficient (Wildman–Crippen LogP) is 3.44. The summed E-state index contributed by atoms with van der Waals surface area (Å²) in [6, 6.07) is 6.25. The van der Waals surface area contributed by atoms with E-state index in [1.807, 2.05) is 18.7 Å². The molecule has 0 saturated carbocycles. The van der Waals surface area contributed by atoms with Gasteiger partial charge < -0.3 is 10.2 Å². The van der Waals surface area contributed by atoms with Gasteiger partial charge in [-0.15, -0.1) is 0 Å². The van der Waals surface area contributed by atoms with Crippen LogP contribution in [0.5, 0.6) is 0 Å². The van der Waals surface area contributed by atoms with Crippen LogP contribution in [0, 0.1) is 18.3 Å². The number of nitrogens with one attached hydrogen (secondary N) is 1. The molecule has 0 aromatic heterocycles. The first kappa shape index (κ1) is 13.9. The lowest BCUT2D eigenvalue weighted by Crippen LogP contribution is -2.43. The Hall–Kier alpha value is -1.51. The molecule has 3 heteroatoms. The van der Waals surface area contributed by atoms with E-state index < -0.39 is 0 Å². The summed E-state index contributed by atoms with van der Waals surface area (Å²) in [7, 11) is 0. The maximum atomic E-state index is 12.7. The molecule has 1 amide bonds. The minimum absolute atomic E-state index is 0.205. The lowest BCUT2D eigenvalue weighted by Gasteiger charge is -2.30. The maximum absolute atomic E-state index is 12.7. The molecule has 0 bridgehead atoms. The molecule has 0 spiro atoms. The number of benzene rings is 1. The van der Waals surface area contributed by atoms with E-state index in [4.69, 9.17) is 0 Å².